The van der Waals surface area contributed by atoms with Gasteiger partial charge < -0.3 is 15.0 Å². The minimum Gasteiger partial charge on any atom is -0.492 e. The van der Waals surface area contributed by atoms with E-state index in [1.165, 1.54) is 0 Å². The Morgan fingerprint density at radius 1 is 1.19 bits per heavy atom. The van der Waals surface area contributed by atoms with Crippen molar-refractivity contribution in [2.75, 3.05) is 18.5 Å². The average molecular weight is 352 g/mol. The van der Waals surface area contributed by atoms with Crippen molar-refractivity contribution in [3.8, 4) is 5.75 Å². The van der Waals surface area contributed by atoms with Crippen molar-refractivity contribution in [3.05, 3.63) is 60.2 Å². The molecule has 1 aliphatic heterocycles. The number of nitrogens with one attached hydrogen (secondary N) is 1. The Bertz CT molecular complexity index is 776. The van der Waals surface area contributed by atoms with Crippen molar-refractivity contribution in [1.29, 1.82) is 0 Å². The topological polar surface area (TPSA) is 58.6 Å². The summed E-state index contributed by atoms with van der Waals surface area (Å²) in [5, 5.41) is 2.91. The first-order chi connectivity index (χ1) is 12.6. The van der Waals surface area contributed by atoms with Crippen LogP contribution in [0.25, 0.3) is 0 Å². The van der Waals surface area contributed by atoms with Gasteiger partial charge in [0, 0.05) is 13.0 Å². The van der Waals surface area contributed by atoms with Gasteiger partial charge in [0.25, 0.3) is 0 Å². The zero-order valence-corrected chi connectivity index (χ0v) is 15.1. The van der Waals surface area contributed by atoms with Crippen LogP contribution in [0.3, 0.4) is 0 Å². The normalized spacial score (nSPS) is 17.8. The van der Waals surface area contributed by atoms with Gasteiger partial charge >= 0.3 is 0 Å². The van der Waals surface area contributed by atoms with Crippen molar-refractivity contribution < 1.29 is 14.3 Å². The van der Waals surface area contributed by atoms with Gasteiger partial charge in [0.05, 0.1) is 24.3 Å². The molecule has 2 atom stereocenters. The van der Waals surface area contributed by atoms with E-state index >= 15 is 0 Å². The first-order valence-electron chi connectivity index (χ1n) is 8.97. The van der Waals surface area contributed by atoms with E-state index in [2.05, 4.69) is 5.32 Å². The number of hydrogen-bond acceptors (Lipinski definition) is 3. The third kappa shape index (κ3) is 3.87. The third-order valence-electron chi connectivity index (χ3n) is 4.72. The number of hydrogen-bond donors (Lipinski definition) is 1. The number of carbonyl (C=O) groups is 2. The number of rotatable bonds is 6. The smallest absolute Gasteiger partial charge is 0.229 e. The molecular weight excluding hydrogens is 328 g/mol. The SMILES string of the molecule is CCOc1ccccc1NC(=O)[C@@H]1CC(=O)N([C@H](C)c2ccccc2)C1. The Morgan fingerprint density at radius 2 is 1.88 bits per heavy atom. The summed E-state index contributed by atoms with van der Waals surface area (Å²) in [6.45, 7) is 4.85. The molecule has 0 radical (unpaired) electrons. The average Bonchev–Trinajstić information content (AvgIpc) is 3.05. The zero-order valence-electron chi connectivity index (χ0n) is 15.1. The van der Waals surface area contributed by atoms with Crippen molar-refractivity contribution in [2.45, 2.75) is 26.3 Å². The highest BCUT2D eigenvalue weighted by Gasteiger charge is 2.37. The molecule has 1 heterocycles. The fourth-order valence-electron chi connectivity index (χ4n) is 3.28. The Kier molecular flexibility index (Phi) is 5.56. The molecule has 2 aromatic rings. The molecule has 5 heteroatoms. The van der Waals surface area contributed by atoms with Gasteiger partial charge in [-0.15, -0.1) is 0 Å². The summed E-state index contributed by atoms with van der Waals surface area (Å²) in [6, 6.07) is 17.2. The maximum atomic E-state index is 12.7. The van der Waals surface area contributed by atoms with Crippen molar-refractivity contribution in [3.63, 3.8) is 0 Å². The molecular formula is C21H24N2O3. The highest BCUT2D eigenvalue weighted by Crippen LogP contribution is 2.30. The Balaban J connectivity index is 1.68. The Labute approximate surface area is 154 Å². The molecule has 0 aromatic heterocycles. The van der Waals surface area contributed by atoms with E-state index < -0.39 is 0 Å². The lowest BCUT2D eigenvalue weighted by Gasteiger charge is -2.25. The fraction of sp³-hybridized carbons (Fsp3) is 0.333. The van der Waals surface area contributed by atoms with Crippen molar-refractivity contribution in [2.24, 2.45) is 5.92 Å². The van der Waals surface area contributed by atoms with E-state index in [0.29, 0.717) is 24.6 Å². The highest BCUT2D eigenvalue weighted by atomic mass is 16.5. The van der Waals surface area contributed by atoms with Crippen LogP contribution < -0.4 is 10.1 Å². The number of anilines is 1. The molecule has 0 unspecified atom stereocenters. The van der Waals surface area contributed by atoms with Crippen LogP contribution in [-0.4, -0.2) is 29.9 Å². The Hall–Kier alpha value is -2.82. The lowest BCUT2D eigenvalue weighted by molar-refractivity contribution is -0.129. The standard InChI is InChI=1S/C21H24N2O3/c1-3-26-19-12-8-7-11-18(19)22-21(25)17-13-20(24)23(14-17)15(2)16-9-5-4-6-10-16/h4-12,15,17H,3,13-14H2,1-2H3,(H,22,25)/t15-,17-/m1/s1. The minimum absolute atomic E-state index is 0.0135. The van der Waals surface area contributed by atoms with Gasteiger partial charge in [0.2, 0.25) is 11.8 Å². The predicted octanol–water partition coefficient (Wildman–Crippen LogP) is 3.63. The van der Waals surface area contributed by atoms with E-state index in [1.807, 2.05) is 68.4 Å². The zero-order chi connectivity index (χ0) is 18.5. The van der Waals surface area contributed by atoms with Gasteiger partial charge in [0.1, 0.15) is 5.75 Å². The second-order valence-electron chi connectivity index (χ2n) is 6.45. The van der Waals surface area contributed by atoms with Gasteiger partial charge in [0.15, 0.2) is 0 Å². The molecule has 0 spiro atoms. The van der Waals surface area contributed by atoms with Crippen LogP contribution in [0.2, 0.25) is 0 Å². The van der Waals surface area contributed by atoms with Gasteiger partial charge in [-0.3, -0.25) is 9.59 Å². The lowest BCUT2D eigenvalue weighted by Crippen LogP contribution is -2.30. The summed E-state index contributed by atoms with van der Waals surface area (Å²) in [5.74, 6) is 0.151. The minimum atomic E-state index is -0.358. The first-order valence-corrected chi connectivity index (χ1v) is 8.97. The van der Waals surface area contributed by atoms with Crippen LogP contribution in [0.4, 0.5) is 5.69 Å². The second kappa shape index (κ2) is 8.04. The fourth-order valence-corrected chi connectivity index (χ4v) is 3.28. The quantitative estimate of drug-likeness (QED) is 0.864. The van der Waals surface area contributed by atoms with Crippen LogP contribution in [0.15, 0.2) is 54.6 Å². The van der Waals surface area contributed by atoms with Crippen LogP contribution in [0.1, 0.15) is 31.9 Å². The molecule has 136 valence electrons. The monoisotopic (exact) mass is 352 g/mol. The van der Waals surface area contributed by atoms with E-state index in [1.54, 1.807) is 4.90 Å². The second-order valence-corrected chi connectivity index (χ2v) is 6.45. The van der Waals surface area contributed by atoms with Crippen LogP contribution in [-0.2, 0) is 9.59 Å². The van der Waals surface area contributed by atoms with Gasteiger partial charge in [-0.1, -0.05) is 42.5 Å². The molecule has 1 N–H and O–H groups in total. The van der Waals surface area contributed by atoms with Gasteiger partial charge in [-0.05, 0) is 31.5 Å². The molecule has 26 heavy (non-hydrogen) atoms. The van der Waals surface area contributed by atoms with Gasteiger partial charge in [-0.25, -0.2) is 0 Å². The molecule has 0 bridgehead atoms. The molecule has 0 saturated carbocycles. The molecule has 2 amide bonds. The van der Waals surface area contributed by atoms with E-state index in [0.717, 1.165) is 5.56 Å². The molecule has 1 saturated heterocycles. The number of likely N-dealkylation sites (tertiary alicyclic amines) is 1. The Morgan fingerprint density at radius 3 is 2.62 bits per heavy atom. The van der Waals surface area contributed by atoms with Gasteiger partial charge in [-0.2, -0.15) is 0 Å². The number of amides is 2. The third-order valence-corrected chi connectivity index (χ3v) is 4.72. The highest BCUT2D eigenvalue weighted by molar-refractivity contribution is 5.98. The molecule has 3 rings (SSSR count). The maximum absolute atomic E-state index is 12.7. The number of benzene rings is 2. The maximum Gasteiger partial charge on any atom is 0.229 e. The number of carbonyl (C=O) groups excluding carboxylic acids is 2. The van der Waals surface area contributed by atoms with E-state index in [-0.39, 0.29) is 30.2 Å². The molecule has 0 aliphatic carbocycles. The lowest BCUT2D eigenvalue weighted by atomic mass is 10.1. The molecule has 2 aromatic carbocycles. The van der Waals surface area contributed by atoms with E-state index in [9.17, 15) is 9.59 Å². The number of nitrogens with zero attached hydrogens (tertiary/aromatic N) is 1. The molecule has 5 nitrogen and oxygen atoms in total. The summed E-state index contributed by atoms with van der Waals surface area (Å²) >= 11 is 0. The van der Waals surface area contributed by atoms with E-state index in [4.69, 9.17) is 4.74 Å². The van der Waals surface area contributed by atoms with Crippen LogP contribution in [0.5, 0.6) is 5.75 Å². The summed E-state index contributed by atoms with van der Waals surface area (Å²) in [4.78, 5) is 26.9. The molecule has 1 aliphatic rings. The number of para-hydroxylation sites is 2. The summed E-state index contributed by atoms with van der Waals surface area (Å²) in [7, 11) is 0. The summed E-state index contributed by atoms with van der Waals surface area (Å²) in [5.41, 5.74) is 1.71. The largest absolute Gasteiger partial charge is 0.492 e. The molecule has 1 fully saturated rings. The number of ether oxygens (including phenoxy) is 1. The first kappa shape index (κ1) is 18.0. The predicted molar refractivity (Wildman–Crippen MR) is 101 cm³/mol. The summed E-state index contributed by atoms with van der Waals surface area (Å²) < 4.78 is 5.55. The van der Waals surface area contributed by atoms with Crippen molar-refractivity contribution in [1.82, 2.24) is 4.90 Å². The van der Waals surface area contributed by atoms with Crippen LogP contribution in [0, 0.1) is 5.92 Å². The summed E-state index contributed by atoms with van der Waals surface area (Å²) in [6.07, 6.45) is 0.236. The van der Waals surface area contributed by atoms with Crippen molar-refractivity contribution >= 4 is 17.5 Å². The van der Waals surface area contributed by atoms with Crippen LogP contribution >= 0.6 is 0 Å².